The second-order valence-electron chi connectivity index (χ2n) is 3.62. The van der Waals surface area contributed by atoms with E-state index in [9.17, 15) is 0 Å². The molecule has 0 unspecified atom stereocenters. The molecule has 0 aliphatic heterocycles. The first kappa shape index (κ1) is 13.4. The molecule has 0 radical (unpaired) electrons. The molecule has 1 N–H and O–H groups in total. The Hall–Kier alpha value is -1.70. The van der Waals surface area contributed by atoms with Gasteiger partial charge in [0.15, 0.2) is 0 Å². The lowest BCUT2D eigenvalue weighted by molar-refractivity contribution is 0.271. The minimum absolute atomic E-state index is 0.502. The number of nitrogens with zero attached hydrogens (tertiary/aromatic N) is 2. The quantitative estimate of drug-likeness (QED) is 0.660. The molecule has 4 nitrogen and oxygen atoms in total. The topological polar surface area (TPSA) is 48.3 Å². The average Bonchev–Trinajstić information content (AvgIpc) is 2.27. The summed E-state index contributed by atoms with van der Waals surface area (Å²) < 4.78 is 0. The number of hydrogen-bond donors (Lipinski definition) is 1. The lowest BCUT2D eigenvalue weighted by atomic mass is 10.1. The largest absolute Gasteiger partial charge is 0.382 e. The standard InChI is InChI=1S/C12H14ClN3O/c1-16(2)8-9(7-14)11-5-4-10(15-17-3)6-12(11)13/h4-6,8,15H,1-3H3/b9-8+. The Balaban J connectivity index is 3.11. The van der Waals surface area contributed by atoms with E-state index in [0.717, 1.165) is 5.69 Å². The van der Waals surface area contributed by atoms with Gasteiger partial charge in [-0.1, -0.05) is 11.6 Å². The van der Waals surface area contributed by atoms with Crippen LogP contribution in [0, 0.1) is 11.3 Å². The van der Waals surface area contributed by atoms with Gasteiger partial charge in [-0.3, -0.25) is 10.3 Å². The van der Waals surface area contributed by atoms with E-state index in [0.29, 0.717) is 16.2 Å². The molecule has 0 aliphatic carbocycles. The average molecular weight is 252 g/mol. The van der Waals surface area contributed by atoms with Gasteiger partial charge in [0.05, 0.1) is 23.4 Å². The third-order valence-electron chi connectivity index (χ3n) is 1.99. The third-order valence-corrected chi connectivity index (χ3v) is 2.30. The highest BCUT2D eigenvalue weighted by molar-refractivity contribution is 6.32. The van der Waals surface area contributed by atoms with E-state index in [1.165, 1.54) is 7.11 Å². The highest BCUT2D eigenvalue weighted by Gasteiger charge is 2.07. The van der Waals surface area contributed by atoms with E-state index in [2.05, 4.69) is 11.5 Å². The molecule has 1 aromatic carbocycles. The monoisotopic (exact) mass is 251 g/mol. The normalized spacial score (nSPS) is 10.9. The fourth-order valence-electron chi connectivity index (χ4n) is 1.33. The van der Waals surface area contributed by atoms with Crippen LogP contribution < -0.4 is 5.48 Å². The number of allylic oxidation sites excluding steroid dienone is 1. The second kappa shape index (κ2) is 6.14. The SMILES string of the molecule is CONc1ccc(/C(C#N)=C/N(C)C)c(Cl)c1. The van der Waals surface area contributed by atoms with Gasteiger partial charge in [0.2, 0.25) is 0 Å². The Morgan fingerprint density at radius 3 is 2.71 bits per heavy atom. The molecule has 90 valence electrons. The van der Waals surface area contributed by atoms with Crippen LogP contribution in [0.1, 0.15) is 5.56 Å². The van der Waals surface area contributed by atoms with Crippen molar-refractivity contribution >= 4 is 22.9 Å². The summed E-state index contributed by atoms with van der Waals surface area (Å²) in [5.41, 5.74) is 4.63. The number of anilines is 1. The van der Waals surface area contributed by atoms with Gasteiger partial charge in [-0.05, 0) is 18.2 Å². The fourth-order valence-corrected chi connectivity index (χ4v) is 1.61. The number of hydrogen-bond acceptors (Lipinski definition) is 4. The summed E-state index contributed by atoms with van der Waals surface area (Å²) in [4.78, 5) is 6.58. The predicted octanol–water partition coefficient (Wildman–Crippen LogP) is 2.74. The van der Waals surface area contributed by atoms with Crippen LogP contribution in [-0.4, -0.2) is 26.1 Å². The first-order valence-electron chi connectivity index (χ1n) is 4.95. The smallest absolute Gasteiger partial charge is 0.101 e. The van der Waals surface area contributed by atoms with E-state index >= 15 is 0 Å². The summed E-state index contributed by atoms with van der Waals surface area (Å²) in [7, 11) is 5.23. The van der Waals surface area contributed by atoms with Crippen molar-refractivity contribution in [1.82, 2.24) is 4.90 Å². The molecule has 5 heteroatoms. The van der Waals surface area contributed by atoms with Gasteiger partial charge < -0.3 is 4.90 Å². The van der Waals surface area contributed by atoms with E-state index in [1.807, 2.05) is 14.1 Å². The van der Waals surface area contributed by atoms with Gasteiger partial charge in [-0.25, -0.2) is 0 Å². The van der Waals surface area contributed by atoms with Crippen LogP contribution in [0.2, 0.25) is 5.02 Å². The molecule has 0 spiro atoms. The predicted molar refractivity (Wildman–Crippen MR) is 69.4 cm³/mol. The molecule has 0 aromatic heterocycles. The fraction of sp³-hybridized carbons (Fsp3) is 0.250. The molecule has 0 atom stereocenters. The zero-order chi connectivity index (χ0) is 12.8. The zero-order valence-electron chi connectivity index (χ0n) is 9.99. The van der Waals surface area contributed by atoms with Crippen molar-refractivity contribution in [3.05, 3.63) is 35.0 Å². The van der Waals surface area contributed by atoms with Crippen LogP contribution in [0.5, 0.6) is 0 Å². The van der Waals surface area contributed by atoms with Crippen LogP contribution in [0.25, 0.3) is 5.57 Å². The Labute approximate surface area is 106 Å². The van der Waals surface area contributed by atoms with Crippen molar-refractivity contribution in [2.75, 3.05) is 26.7 Å². The van der Waals surface area contributed by atoms with Gasteiger partial charge in [-0.15, -0.1) is 0 Å². The molecular weight excluding hydrogens is 238 g/mol. The third kappa shape index (κ3) is 3.66. The van der Waals surface area contributed by atoms with Crippen molar-refractivity contribution in [2.24, 2.45) is 0 Å². The maximum Gasteiger partial charge on any atom is 0.101 e. The summed E-state index contributed by atoms with van der Waals surface area (Å²) in [6.07, 6.45) is 1.73. The van der Waals surface area contributed by atoms with Gasteiger partial charge in [0.25, 0.3) is 0 Å². The van der Waals surface area contributed by atoms with Crippen molar-refractivity contribution < 1.29 is 4.84 Å². The van der Waals surface area contributed by atoms with Crippen LogP contribution in [0.4, 0.5) is 5.69 Å². The van der Waals surface area contributed by atoms with E-state index < -0.39 is 0 Å². The Morgan fingerprint density at radius 2 is 2.24 bits per heavy atom. The zero-order valence-corrected chi connectivity index (χ0v) is 10.7. The van der Waals surface area contributed by atoms with Crippen molar-refractivity contribution in [3.8, 4) is 6.07 Å². The van der Waals surface area contributed by atoms with Crippen LogP contribution >= 0.6 is 11.6 Å². The molecule has 0 heterocycles. The molecule has 17 heavy (non-hydrogen) atoms. The maximum absolute atomic E-state index is 9.08. The molecule has 0 saturated heterocycles. The molecule has 1 aromatic rings. The molecular formula is C12H14ClN3O. The van der Waals surface area contributed by atoms with Crippen molar-refractivity contribution in [2.45, 2.75) is 0 Å². The van der Waals surface area contributed by atoms with E-state index in [-0.39, 0.29) is 0 Å². The molecule has 1 rings (SSSR count). The summed E-state index contributed by atoms with van der Waals surface area (Å²) >= 11 is 6.12. The first-order valence-corrected chi connectivity index (χ1v) is 5.33. The lowest BCUT2D eigenvalue weighted by Crippen LogP contribution is -2.02. The second-order valence-corrected chi connectivity index (χ2v) is 4.03. The highest BCUT2D eigenvalue weighted by Crippen LogP contribution is 2.26. The summed E-state index contributed by atoms with van der Waals surface area (Å²) in [5, 5.41) is 9.58. The Kier molecular flexibility index (Phi) is 4.83. The number of rotatable bonds is 4. The van der Waals surface area contributed by atoms with Gasteiger partial charge >= 0.3 is 0 Å². The van der Waals surface area contributed by atoms with E-state index in [4.69, 9.17) is 21.7 Å². The molecule has 0 fully saturated rings. The van der Waals surface area contributed by atoms with Crippen molar-refractivity contribution in [3.63, 3.8) is 0 Å². The molecule has 0 amide bonds. The lowest BCUT2D eigenvalue weighted by Gasteiger charge is -2.09. The first-order chi connectivity index (χ1) is 8.08. The molecule has 0 bridgehead atoms. The maximum atomic E-state index is 9.08. The Morgan fingerprint density at radius 1 is 1.53 bits per heavy atom. The highest BCUT2D eigenvalue weighted by atomic mass is 35.5. The van der Waals surface area contributed by atoms with Gasteiger partial charge in [-0.2, -0.15) is 5.26 Å². The van der Waals surface area contributed by atoms with Crippen LogP contribution in [-0.2, 0) is 4.84 Å². The Bertz CT molecular complexity index is 463. The van der Waals surface area contributed by atoms with Crippen LogP contribution in [0.3, 0.4) is 0 Å². The number of benzene rings is 1. The number of nitriles is 1. The van der Waals surface area contributed by atoms with E-state index in [1.54, 1.807) is 29.3 Å². The summed E-state index contributed by atoms with van der Waals surface area (Å²) in [6.45, 7) is 0. The summed E-state index contributed by atoms with van der Waals surface area (Å²) in [6, 6.07) is 7.41. The van der Waals surface area contributed by atoms with Crippen molar-refractivity contribution in [1.29, 1.82) is 5.26 Å². The molecule has 0 saturated carbocycles. The number of halogens is 1. The number of nitrogens with one attached hydrogen (secondary N) is 1. The minimum atomic E-state index is 0.502. The summed E-state index contributed by atoms with van der Waals surface area (Å²) in [5.74, 6) is 0. The van der Waals surface area contributed by atoms with Crippen LogP contribution in [0.15, 0.2) is 24.4 Å². The van der Waals surface area contributed by atoms with Gasteiger partial charge in [0.1, 0.15) is 6.07 Å². The van der Waals surface area contributed by atoms with Gasteiger partial charge in [0, 0.05) is 25.9 Å². The minimum Gasteiger partial charge on any atom is -0.382 e. The molecule has 0 aliphatic rings.